The van der Waals surface area contributed by atoms with Crippen LogP contribution in [0.3, 0.4) is 0 Å². The summed E-state index contributed by atoms with van der Waals surface area (Å²) >= 11 is 1.40. The normalized spacial score (nSPS) is 11.9. The molecule has 4 aromatic rings. The zero-order valence-corrected chi connectivity index (χ0v) is 23.6. The minimum absolute atomic E-state index is 0.157. The summed E-state index contributed by atoms with van der Waals surface area (Å²) in [5, 5.41) is 2.50. The highest BCUT2D eigenvalue weighted by Gasteiger charge is 2.22. The molecule has 0 fully saturated rings. The fraction of sp³-hybridized carbons (Fsp3) is 0.194. The molecular weight excluding hydrogens is 528 g/mol. The molecule has 39 heavy (non-hydrogen) atoms. The number of amides is 1. The number of unbranched alkanes of at least 4 members (excludes halogenated alkanes) is 1. The smallest absolute Gasteiger partial charge is 0.261 e. The van der Waals surface area contributed by atoms with Gasteiger partial charge in [-0.2, -0.15) is 0 Å². The standard InChI is InChI=1S/C31H32N2O4S2/c1-3-4-22-37-27-16-12-25(13-17-27)32-31(34)30(24-8-6-5-7-9-24)38-28-18-14-26(15-19-28)33-39(35,36)29-20-10-23(2)11-21-29/h5-21,30,33H,3-4,22H2,1-2H3,(H,32,34). The van der Waals surface area contributed by atoms with Crippen LogP contribution in [0.25, 0.3) is 0 Å². The summed E-state index contributed by atoms with van der Waals surface area (Å²) in [5.41, 5.74) is 2.98. The molecule has 0 aromatic heterocycles. The van der Waals surface area contributed by atoms with Crippen molar-refractivity contribution in [3.05, 3.63) is 114 Å². The highest BCUT2D eigenvalue weighted by atomic mass is 32.2. The van der Waals surface area contributed by atoms with Gasteiger partial charge in [-0.05, 0) is 79.6 Å². The van der Waals surface area contributed by atoms with E-state index in [1.807, 2.05) is 73.7 Å². The zero-order chi connectivity index (χ0) is 27.7. The molecule has 1 unspecified atom stereocenters. The van der Waals surface area contributed by atoms with E-state index in [0.29, 0.717) is 18.0 Å². The summed E-state index contributed by atoms with van der Waals surface area (Å²) in [7, 11) is -3.70. The van der Waals surface area contributed by atoms with E-state index >= 15 is 0 Å². The first-order valence-electron chi connectivity index (χ1n) is 12.8. The highest BCUT2D eigenvalue weighted by molar-refractivity contribution is 8.00. The van der Waals surface area contributed by atoms with E-state index in [2.05, 4.69) is 17.0 Å². The maximum absolute atomic E-state index is 13.4. The van der Waals surface area contributed by atoms with Gasteiger partial charge in [0, 0.05) is 16.3 Å². The monoisotopic (exact) mass is 560 g/mol. The lowest BCUT2D eigenvalue weighted by atomic mass is 10.1. The van der Waals surface area contributed by atoms with Crippen molar-refractivity contribution < 1.29 is 17.9 Å². The van der Waals surface area contributed by atoms with E-state index in [4.69, 9.17) is 4.74 Å². The molecule has 1 amide bonds. The van der Waals surface area contributed by atoms with Crippen LogP contribution < -0.4 is 14.8 Å². The maximum atomic E-state index is 13.4. The molecule has 0 saturated carbocycles. The molecule has 8 heteroatoms. The van der Waals surface area contributed by atoms with Gasteiger partial charge in [0.05, 0.1) is 11.5 Å². The van der Waals surface area contributed by atoms with Crippen LogP contribution in [0.4, 0.5) is 11.4 Å². The van der Waals surface area contributed by atoms with Crippen LogP contribution in [-0.4, -0.2) is 20.9 Å². The topological polar surface area (TPSA) is 84.5 Å². The van der Waals surface area contributed by atoms with Crippen molar-refractivity contribution in [3.63, 3.8) is 0 Å². The van der Waals surface area contributed by atoms with Crippen LogP contribution in [0.2, 0.25) is 0 Å². The van der Waals surface area contributed by atoms with Gasteiger partial charge in [0.25, 0.3) is 10.0 Å². The fourth-order valence-electron chi connectivity index (χ4n) is 3.75. The van der Waals surface area contributed by atoms with Crippen molar-refractivity contribution in [2.45, 2.75) is 41.7 Å². The van der Waals surface area contributed by atoms with Crippen molar-refractivity contribution in [3.8, 4) is 5.75 Å². The van der Waals surface area contributed by atoms with Crippen LogP contribution in [0, 0.1) is 6.92 Å². The Balaban J connectivity index is 1.45. The molecular formula is C31H32N2O4S2. The maximum Gasteiger partial charge on any atom is 0.261 e. The number of carbonyl (C=O) groups excluding carboxylic acids is 1. The van der Waals surface area contributed by atoms with Gasteiger partial charge < -0.3 is 10.1 Å². The SMILES string of the molecule is CCCCOc1ccc(NC(=O)C(Sc2ccc(NS(=O)(=O)c3ccc(C)cc3)cc2)c2ccccc2)cc1. The number of benzene rings is 4. The number of hydrogen-bond acceptors (Lipinski definition) is 5. The van der Waals surface area contributed by atoms with E-state index in [-0.39, 0.29) is 10.8 Å². The third kappa shape index (κ3) is 8.12. The number of ether oxygens (including phenoxy) is 1. The van der Waals surface area contributed by atoms with E-state index < -0.39 is 15.3 Å². The van der Waals surface area contributed by atoms with Crippen molar-refractivity contribution in [2.24, 2.45) is 0 Å². The van der Waals surface area contributed by atoms with E-state index in [1.165, 1.54) is 11.8 Å². The van der Waals surface area contributed by atoms with Crippen LogP contribution in [0.5, 0.6) is 5.75 Å². The van der Waals surface area contributed by atoms with Gasteiger partial charge in [-0.15, -0.1) is 11.8 Å². The van der Waals surface area contributed by atoms with Crippen molar-refractivity contribution >= 4 is 39.1 Å². The first-order chi connectivity index (χ1) is 18.8. The number of rotatable bonds is 12. The number of nitrogens with one attached hydrogen (secondary N) is 2. The number of anilines is 2. The molecule has 4 rings (SSSR count). The minimum Gasteiger partial charge on any atom is -0.494 e. The number of hydrogen-bond donors (Lipinski definition) is 2. The lowest BCUT2D eigenvalue weighted by Crippen LogP contribution is -2.19. The van der Waals surface area contributed by atoms with Gasteiger partial charge in [-0.25, -0.2) is 8.42 Å². The number of thioether (sulfide) groups is 1. The van der Waals surface area contributed by atoms with Gasteiger partial charge in [-0.1, -0.05) is 61.4 Å². The van der Waals surface area contributed by atoms with Gasteiger partial charge in [0.1, 0.15) is 11.0 Å². The first-order valence-corrected chi connectivity index (χ1v) is 15.2. The molecule has 0 aliphatic carbocycles. The van der Waals surface area contributed by atoms with Crippen LogP contribution >= 0.6 is 11.8 Å². The summed E-state index contributed by atoms with van der Waals surface area (Å²) in [4.78, 5) is 14.4. The molecule has 0 heterocycles. The van der Waals surface area contributed by atoms with E-state index in [1.54, 1.807) is 36.4 Å². The van der Waals surface area contributed by atoms with Crippen LogP contribution in [0.1, 0.15) is 36.1 Å². The van der Waals surface area contributed by atoms with Gasteiger partial charge in [-0.3, -0.25) is 9.52 Å². The largest absolute Gasteiger partial charge is 0.494 e. The first kappa shape index (κ1) is 28.3. The zero-order valence-electron chi connectivity index (χ0n) is 22.0. The molecule has 2 N–H and O–H groups in total. The molecule has 0 bridgehead atoms. The number of aryl methyl sites for hydroxylation is 1. The van der Waals surface area contributed by atoms with Gasteiger partial charge >= 0.3 is 0 Å². The van der Waals surface area contributed by atoms with Gasteiger partial charge in [0.2, 0.25) is 5.91 Å². The Morgan fingerprint density at radius 1 is 0.846 bits per heavy atom. The average Bonchev–Trinajstić information content (AvgIpc) is 2.94. The molecule has 0 spiro atoms. The summed E-state index contributed by atoms with van der Waals surface area (Å²) in [6.07, 6.45) is 2.06. The Morgan fingerprint density at radius 2 is 1.49 bits per heavy atom. The predicted molar refractivity (Wildman–Crippen MR) is 159 cm³/mol. The van der Waals surface area contributed by atoms with Gasteiger partial charge in [0.15, 0.2) is 0 Å². The van der Waals surface area contributed by atoms with Crippen molar-refractivity contribution in [1.82, 2.24) is 0 Å². The summed E-state index contributed by atoms with van der Waals surface area (Å²) < 4.78 is 33.8. The molecule has 4 aromatic carbocycles. The predicted octanol–water partition coefficient (Wildman–Crippen LogP) is 7.45. The second kappa shape index (κ2) is 13.4. The molecule has 0 saturated heterocycles. The van der Waals surface area contributed by atoms with Crippen LogP contribution in [-0.2, 0) is 14.8 Å². The number of carbonyl (C=O) groups is 1. The van der Waals surface area contributed by atoms with Crippen LogP contribution in [0.15, 0.2) is 113 Å². The minimum atomic E-state index is -3.70. The lowest BCUT2D eigenvalue weighted by molar-refractivity contribution is -0.115. The third-order valence-corrected chi connectivity index (χ3v) is 8.58. The molecule has 202 valence electrons. The Hall–Kier alpha value is -3.75. The molecule has 1 atom stereocenters. The Labute approximate surface area is 234 Å². The molecule has 0 aliphatic rings. The average molecular weight is 561 g/mol. The van der Waals surface area contributed by atoms with E-state index in [9.17, 15) is 13.2 Å². The quantitative estimate of drug-likeness (QED) is 0.139. The second-order valence-electron chi connectivity index (χ2n) is 9.07. The van der Waals surface area contributed by atoms with Crippen molar-refractivity contribution in [1.29, 1.82) is 0 Å². The highest BCUT2D eigenvalue weighted by Crippen LogP contribution is 2.37. The Kier molecular flexibility index (Phi) is 9.68. The Morgan fingerprint density at radius 3 is 2.13 bits per heavy atom. The Bertz CT molecular complexity index is 1460. The summed E-state index contributed by atoms with van der Waals surface area (Å²) in [6.45, 7) is 4.69. The molecule has 6 nitrogen and oxygen atoms in total. The van der Waals surface area contributed by atoms with Crippen molar-refractivity contribution in [2.75, 3.05) is 16.6 Å². The fourth-order valence-corrected chi connectivity index (χ4v) is 5.83. The van der Waals surface area contributed by atoms with E-state index in [0.717, 1.165) is 34.6 Å². The molecule has 0 radical (unpaired) electrons. The summed E-state index contributed by atoms with van der Waals surface area (Å²) in [6, 6.07) is 30.6. The second-order valence-corrected chi connectivity index (χ2v) is 11.9. The summed E-state index contributed by atoms with van der Waals surface area (Å²) in [5.74, 6) is 0.614. The number of sulfonamides is 1. The third-order valence-electron chi connectivity index (χ3n) is 5.92. The lowest BCUT2D eigenvalue weighted by Gasteiger charge is -2.18. The molecule has 0 aliphatic heterocycles.